The van der Waals surface area contributed by atoms with Crippen LogP contribution in [0.3, 0.4) is 0 Å². The molecule has 1 aromatic carbocycles. The molecule has 2 saturated heterocycles. The third kappa shape index (κ3) is 3.39. The number of carbonyl (C=O) groups is 2. The monoisotopic (exact) mass is 385 g/mol. The molecule has 0 unspecified atom stereocenters. The Hall–Kier alpha value is -2.08. The minimum absolute atomic E-state index is 0.00705. The second kappa shape index (κ2) is 8.11. The highest BCUT2D eigenvalue weighted by molar-refractivity contribution is 5.97. The number of nitrogens with one attached hydrogen (secondary N) is 1. The minimum Gasteiger partial charge on any atom is -0.493 e. The van der Waals surface area contributed by atoms with Gasteiger partial charge in [0.1, 0.15) is 5.75 Å². The number of amides is 2. The number of carbonyl (C=O) groups excluding carboxylic acids is 2. The van der Waals surface area contributed by atoms with Crippen molar-refractivity contribution in [3.63, 3.8) is 0 Å². The Balaban J connectivity index is 1.41. The maximum Gasteiger partial charge on any atom is 0.257 e. The number of para-hydroxylation sites is 1. The highest BCUT2D eigenvalue weighted by atomic mass is 16.5. The molecular formula is C22H31N3O3. The highest BCUT2D eigenvalue weighted by Crippen LogP contribution is 2.45. The molecule has 2 amide bonds. The second-order valence-electron chi connectivity index (χ2n) is 8.24. The Bertz CT molecular complexity index is 729. The molecule has 4 rings (SSSR count). The molecule has 1 N–H and O–H groups in total. The zero-order valence-electron chi connectivity index (χ0n) is 16.8. The van der Waals surface area contributed by atoms with E-state index in [0.717, 1.165) is 32.4 Å². The molecule has 1 aromatic rings. The van der Waals surface area contributed by atoms with Crippen molar-refractivity contribution < 1.29 is 14.3 Å². The van der Waals surface area contributed by atoms with Gasteiger partial charge >= 0.3 is 0 Å². The summed E-state index contributed by atoms with van der Waals surface area (Å²) >= 11 is 0. The summed E-state index contributed by atoms with van der Waals surface area (Å²) in [7, 11) is 0. The lowest BCUT2D eigenvalue weighted by molar-refractivity contribution is -0.146. The number of benzene rings is 1. The van der Waals surface area contributed by atoms with Gasteiger partial charge in [-0.2, -0.15) is 0 Å². The van der Waals surface area contributed by atoms with Gasteiger partial charge in [-0.05, 0) is 44.4 Å². The lowest BCUT2D eigenvalue weighted by Gasteiger charge is -2.43. The first-order valence-electron chi connectivity index (χ1n) is 10.7. The lowest BCUT2D eigenvalue weighted by Crippen LogP contribution is -2.56. The number of rotatable bonds is 4. The van der Waals surface area contributed by atoms with Crippen LogP contribution < -0.4 is 10.1 Å². The van der Waals surface area contributed by atoms with E-state index in [-0.39, 0.29) is 11.3 Å². The average molecular weight is 386 g/mol. The van der Waals surface area contributed by atoms with Crippen LogP contribution in [-0.4, -0.2) is 67.5 Å². The fourth-order valence-corrected chi connectivity index (χ4v) is 5.19. The Morgan fingerprint density at radius 1 is 1.14 bits per heavy atom. The van der Waals surface area contributed by atoms with Crippen molar-refractivity contribution in [3.05, 3.63) is 29.8 Å². The summed E-state index contributed by atoms with van der Waals surface area (Å²) in [6.07, 6.45) is 4.55. The molecule has 0 bridgehead atoms. The molecular weight excluding hydrogens is 354 g/mol. The first kappa shape index (κ1) is 19.2. The molecule has 2 heterocycles. The van der Waals surface area contributed by atoms with Crippen LogP contribution in [0.15, 0.2) is 24.3 Å². The zero-order chi connectivity index (χ0) is 19.6. The number of nitrogens with zero attached hydrogens (tertiary/aromatic N) is 2. The van der Waals surface area contributed by atoms with Gasteiger partial charge in [0.05, 0.1) is 17.6 Å². The third-order valence-corrected chi connectivity index (χ3v) is 6.74. The van der Waals surface area contributed by atoms with E-state index in [1.54, 1.807) is 0 Å². The molecule has 152 valence electrons. The van der Waals surface area contributed by atoms with Crippen molar-refractivity contribution >= 4 is 11.8 Å². The molecule has 0 aromatic heterocycles. The van der Waals surface area contributed by atoms with Crippen LogP contribution in [-0.2, 0) is 4.79 Å². The van der Waals surface area contributed by atoms with Gasteiger partial charge in [0.2, 0.25) is 5.91 Å². The zero-order valence-corrected chi connectivity index (χ0v) is 16.8. The maximum atomic E-state index is 13.4. The Kier molecular flexibility index (Phi) is 5.58. The third-order valence-electron chi connectivity index (χ3n) is 6.74. The first-order chi connectivity index (χ1) is 13.7. The Morgan fingerprint density at radius 3 is 2.68 bits per heavy atom. The Morgan fingerprint density at radius 2 is 1.89 bits per heavy atom. The summed E-state index contributed by atoms with van der Waals surface area (Å²) in [5.74, 6) is 1.41. The number of hydrogen-bond acceptors (Lipinski definition) is 4. The van der Waals surface area contributed by atoms with E-state index in [4.69, 9.17) is 4.74 Å². The van der Waals surface area contributed by atoms with Gasteiger partial charge in [-0.1, -0.05) is 25.0 Å². The van der Waals surface area contributed by atoms with Crippen molar-refractivity contribution in [1.29, 1.82) is 0 Å². The number of fused-ring (bicyclic) bond motifs is 1. The van der Waals surface area contributed by atoms with Gasteiger partial charge in [0.15, 0.2) is 0 Å². The number of ether oxygens (including phenoxy) is 1. The van der Waals surface area contributed by atoms with Crippen molar-refractivity contribution in [2.75, 3.05) is 45.9 Å². The molecule has 0 spiro atoms. The van der Waals surface area contributed by atoms with Gasteiger partial charge in [-0.25, -0.2) is 0 Å². The summed E-state index contributed by atoms with van der Waals surface area (Å²) in [4.78, 5) is 30.2. The quantitative estimate of drug-likeness (QED) is 0.863. The van der Waals surface area contributed by atoms with Crippen LogP contribution in [0, 0.1) is 11.3 Å². The van der Waals surface area contributed by atoms with Crippen molar-refractivity contribution in [3.8, 4) is 5.75 Å². The normalized spacial score (nSPS) is 27.4. The molecule has 1 saturated carbocycles. The van der Waals surface area contributed by atoms with Gasteiger partial charge in [-0.15, -0.1) is 0 Å². The molecule has 6 heteroatoms. The van der Waals surface area contributed by atoms with Gasteiger partial charge < -0.3 is 19.9 Å². The van der Waals surface area contributed by atoms with Gasteiger partial charge in [0.25, 0.3) is 5.91 Å². The maximum absolute atomic E-state index is 13.4. The smallest absolute Gasteiger partial charge is 0.257 e. The van der Waals surface area contributed by atoms with E-state index in [1.165, 1.54) is 6.42 Å². The minimum atomic E-state index is -0.202. The molecule has 1 aliphatic carbocycles. The highest BCUT2D eigenvalue weighted by Gasteiger charge is 2.51. The van der Waals surface area contributed by atoms with E-state index in [9.17, 15) is 9.59 Å². The van der Waals surface area contributed by atoms with Crippen LogP contribution in [0.25, 0.3) is 0 Å². The van der Waals surface area contributed by atoms with Gasteiger partial charge in [0, 0.05) is 32.7 Å². The van der Waals surface area contributed by atoms with Crippen LogP contribution in [0.1, 0.15) is 43.0 Å². The molecule has 2 aliphatic heterocycles. The largest absolute Gasteiger partial charge is 0.493 e. The van der Waals surface area contributed by atoms with Crippen LogP contribution >= 0.6 is 0 Å². The first-order valence-corrected chi connectivity index (χ1v) is 10.7. The summed E-state index contributed by atoms with van der Waals surface area (Å²) in [5, 5.41) is 3.47. The second-order valence-corrected chi connectivity index (χ2v) is 8.24. The van der Waals surface area contributed by atoms with Crippen molar-refractivity contribution in [2.45, 2.75) is 32.6 Å². The predicted molar refractivity (Wildman–Crippen MR) is 107 cm³/mol. The molecule has 3 aliphatic rings. The summed E-state index contributed by atoms with van der Waals surface area (Å²) in [6, 6.07) is 7.41. The molecule has 0 radical (unpaired) electrons. The molecule has 3 fully saturated rings. The number of piperazine rings is 1. The summed E-state index contributed by atoms with van der Waals surface area (Å²) < 4.78 is 5.62. The lowest BCUT2D eigenvalue weighted by atomic mass is 9.67. The van der Waals surface area contributed by atoms with E-state index in [1.807, 2.05) is 41.0 Å². The van der Waals surface area contributed by atoms with E-state index in [2.05, 4.69) is 5.32 Å². The molecule has 2 atom stereocenters. The topological polar surface area (TPSA) is 61.9 Å². The van der Waals surface area contributed by atoms with Crippen LogP contribution in [0.4, 0.5) is 0 Å². The van der Waals surface area contributed by atoms with E-state index < -0.39 is 0 Å². The SMILES string of the molecule is CCOc1ccccc1C(=O)N1CCN(C(=O)[C@@]23CCCC[C@H]2CNC3)CC1. The fraction of sp³-hybridized carbons (Fsp3) is 0.636. The summed E-state index contributed by atoms with van der Waals surface area (Å²) in [6.45, 7) is 6.64. The predicted octanol–water partition coefficient (Wildman–Crippen LogP) is 2.15. The Labute approximate surface area is 167 Å². The van der Waals surface area contributed by atoms with Crippen LogP contribution in [0.5, 0.6) is 5.75 Å². The standard InChI is InChI=1S/C22H31N3O3/c1-2-28-19-9-4-3-8-18(19)20(26)24-11-13-25(14-12-24)21(27)22-10-6-5-7-17(22)15-23-16-22/h3-4,8-9,17,23H,2,5-7,10-16H2,1H3/t17-,22+/m0/s1. The average Bonchev–Trinajstić information content (AvgIpc) is 3.19. The van der Waals surface area contributed by atoms with Crippen LogP contribution in [0.2, 0.25) is 0 Å². The van der Waals surface area contributed by atoms with E-state index >= 15 is 0 Å². The fourth-order valence-electron chi connectivity index (χ4n) is 5.19. The van der Waals surface area contributed by atoms with Crippen molar-refractivity contribution in [1.82, 2.24) is 15.1 Å². The van der Waals surface area contributed by atoms with Gasteiger partial charge in [-0.3, -0.25) is 9.59 Å². The summed E-state index contributed by atoms with van der Waals surface area (Å²) in [5.41, 5.74) is 0.404. The number of hydrogen-bond donors (Lipinski definition) is 1. The van der Waals surface area contributed by atoms with E-state index in [0.29, 0.717) is 55.9 Å². The van der Waals surface area contributed by atoms with Crippen molar-refractivity contribution in [2.24, 2.45) is 11.3 Å². The molecule has 6 nitrogen and oxygen atoms in total. The molecule has 28 heavy (non-hydrogen) atoms.